The van der Waals surface area contributed by atoms with Gasteiger partial charge >= 0.3 is 0 Å². The third-order valence-corrected chi connectivity index (χ3v) is 17.2. The van der Waals surface area contributed by atoms with Gasteiger partial charge in [0.2, 0.25) is 0 Å². The molecule has 0 amide bonds. The second-order valence-electron chi connectivity index (χ2n) is 21.5. The predicted molar refractivity (Wildman–Crippen MR) is 342 cm³/mol. The summed E-state index contributed by atoms with van der Waals surface area (Å²) in [7, 11) is 0. The topological polar surface area (TPSA) is 8.17 Å². The summed E-state index contributed by atoms with van der Waals surface area (Å²) in [5, 5.41) is 9.86. The molecule has 2 nitrogen and oxygen atoms in total. The quantitative estimate of drug-likeness (QED) is 0.131. The summed E-state index contributed by atoms with van der Waals surface area (Å²) in [6, 6.07) is 117. The molecule has 1 aromatic heterocycles. The molecule has 0 fully saturated rings. The molecule has 1 heterocycles. The molecule has 0 bridgehead atoms. The zero-order valence-corrected chi connectivity index (χ0v) is 44.4. The Kier molecular flexibility index (Phi) is 10.8. The summed E-state index contributed by atoms with van der Waals surface area (Å²) in [5.74, 6) is 0. The number of para-hydroxylation sites is 2. The van der Waals surface area contributed by atoms with E-state index in [0.717, 1.165) is 28.3 Å². The molecule has 15 aromatic rings. The summed E-state index contributed by atoms with van der Waals surface area (Å²) in [4.78, 5) is 2.48. The Morgan fingerprint density at radius 1 is 0.259 bits per heavy atom. The first-order chi connectivity index (χ1) is 40.2. The molecule has 0 unspecified atom stereocenters. The lowest BCUT2D eigenvalue weighted by atomic mass is 9.67. The number of nitrogens with zero attached hydrogens (tertiary/aromatic N) is 2. The maximum Gasteiger partial charge on any atom is 0.0714 e. The number of anilines is 3. The van der Waals surface area contributed by atoms with E-state index in [9.17, 15) is 0 Å². The maximum absolute atomic E-state index is 2.50. The Morgan fingerprint density at radius 3 is 1.35 bits per heavy atom. The van der Waals surface area contributed by atoms with Gasteiger partial charge in [0.1, 0.15) is 0 Å². The van der Waals surface area contributed by atoms with E-state index in [1.165, 1.54) is 115 Å². The highest BCUT2D eigenvalue weighted by molar-refractivity contribution is 6.21. The summed E-state index contributed by atoms with van der Waals surface area (Å²) >= 11 is 0. The van der Waals surface area contributed by atoms with Gasteiger partial charge in [0, 0.05) is 33.5 Å². The monoisotopic (exact) mass is 1030 g/mol. The third kappa shape index (κ3) is 7.27. The van der Waals surface area contributed by atoms with Crippen molar-refractivity contribution in [2.24, 2.45) is 0 Å². The number of aromatic nitrogens is 1. The fourth-order valence-electron chi connectivity index (χ4n) is 13.8. The minimum atomic E-state index is -0.652. The van der Waals surface area contributed by atoms with Crippen molar-refractivity contribution < 1.29 is 0 Å². The van der Waals surface area contributed by atoms with Crippen LogP contribution in [0.15, 0.2) is 315 Å². The van der Waals surface area contributed by atoms with Crippen molar-refractivity contribution in [1.82, 2.24) is 4.57 Å². The zero-order valence-electron chi connectivity index (χ0n) is 44.4. The van der Waals surface area contributed by atoms with E-state index in [4.69, 9.17) is 0 Å². The van der Waals surface area contributed by atoms with Crippen molar-refractivity contribution >= 4 is 71.2 Å². The van der Waals surface area contributed by atoms with Crippen LogP contribution >= 0.6 is 0 Å². The summed E-state index contributed by atoms with van der Waals surface area (Å²) in [6.07, 6.45) is 0. The van der Waals surface area contributed by atoms with E-state index in [1.54, 1.807) is 0 Å². The summed E-state index contributed by atoms with van der Waals surface area (Å²) < 4.78 is 2.40. The first-order valence-electron chi connectivity index (χ1n) is 28.1. The highest BCUT2D eigenvalue weighted by Gasteiger charge is 2.47. The molecule has 0 atom stereocenters. The van der Waals surface area contributed by atoms with Crippen molar-refractivity contribution in [2.75, 3.05) is 4.90 Å². The SMILES string of the molecule is c1ccc(-c2c3ccccc3c(-c3ccc(N(c4ccc5c(c4)C(c4ccccc4)(c4ccccc4)c4cc(-c6cccc7ccccc67)ccc4-5)c4ccc5c(c4)c4ccccc4n5-c4ccccc4)cc3)c3ccccc23)cc1. The minimum Gasteiger partial charge on any atom is -0.310 e. The molecule has 81 heavy (non-hydrogen) atoms. The van der Waals surface area contributed by atoms with E-state index < -0.39 is 5.41 Å². The lowest BCUT2D eigenvalue weighted by molar-refractivity contribution is 0.768. The molecule has 16 rings (SSSR count). The molecule has 1 aliphatic rings. The first kappa shape index (κ1) is 46.5. The molecular weight excluding hydrogens is 977 g/mol. The molecule has 0 saturated carbocycles. The molecule has 14 aromatic carbocycles. The van der Waals surface area contributed by atoms with Crippen molar-refractivity contribution in [2.45, 2.75) is 5.41 Å². The zero-order chi connectivity index (χ0) is 53.4. The maximum atomic E-state index is 2.50. The fraction of sp³-hybridized carbons (Fsp3) is 0.0127. The van der Waals surface area contributed by atoms with E-state index in [2.05, 4.69) is 325 Å². The molecular formula is C79H52N2. The van der Waals surface area contributed by atoms with Gasteiger partial charge in [0.15, 0.2) is 0 Å². The van der Waals surface area contributed by atoms with E-state index in [-0.39, 0.29) is 0 Å². The van der Waals surface area contributed by atoms with Gasteiger partial charge in [0.05, 0.1) is 16.4 Å². The van der Waals surface area contributed by atoms with E-state index in [1.807, 2.05) is 0 Å². The molecule has 0 aliphatic heterocycles. The normalized spacial score (nSPS) is 12.5. The second-order valence-corrected chi connectivity index (χ2v) is 21.5. The number of hydrogen-bond acceptors (Lipinski definition) is 1. The molecule has 0 N–H and O–H groups in total. The number of hydrogen-bond donors (Lipinski definition) is 0. The van der Waals surface area contributed by atoms with Gasteiger partial charge in [-0.05, 0) is 166 Å². The van der Waals surface area contributed by atoms with Crippen LogP contribution in [0.4, 0.5) is 17.1 Å². The van der Waals surface area contributed by atoms with Crippen LogP contribution < -0.4 is 4.90 Å². The van der Waals surface area contributed by atoms with Crippen LogP contribution in [-0.2, 0) is 5.41 Å². The van der Waals surface area contributed by atoms with Crippen LogP contribution in [0.5, 0.6) is 0 Å². The van der Waals surface area contributed by atoms with Gasteiger partial charge in [-0.25, -0.2) is 0 Å². The summed E-state index contributed by atoms with van der Waals surface area (Å²) in [6.45, 7) is 0. The van der Waals surface area contributed by atoms with Gasteiger partial charge in [-0.2, -0.15) is 0 Å². The average Bonchev–Trinajstić information content (AvgIpc) is 2.72. The van der Waals surface area contributed by atoms with Gasteiger partial charge in [0.25, 0.3) is 0 Å². The minimum absolute atomic E-state index is 0.652. The predicted octanol–water partition coefficient (Wildman–Crippen LogP) is 21.1. The Balaban J connectivity index is 0.934. The van der Waals surface area contributed by atoms with Crippen LogP contribution in [0.3, 0.4) is 0 Å². The lowest BCUT2D eigenvalue weighted by Crippen LogP contribution is -2.28. The first-order valence-corrected chi connectivity index (χ1v) is 28.1. The van der Waals surface area contributed by atoms with Crippen LogP contribution in [0.2, 0.25) is 0 Å². The third-order valence-electron chi connectivity index (χ3n) is 17.2. The van der Waals surface area contributed by atoms with Crippen molar-refractivity contribution in [3.8, 4) is 50.2 Å². The average molecular weight is 1030 g/mol. The largest absolute Gasteiger partial charge is 0.310 e. The Hall–Kier alpha value is -10.5. The highest BCUT2D eigenvalue weighted by Crippen LogP contribution is 2.58. The molecule has 0 saturated heterocycles. The van der Waals surface area contributed by atoms with Gasteiger partial charge in [-0.15, -0.1) is 0 Å². The second kappa shape index (κ2) is 18.8. The standard InChI is InChI=1S/C79H52N2/c1-5-23-54(24-6-1)77-68-34-15-17-36-70(68)78(71-37-18-16-35-69(71)77)55-40-43-60(44-41-55)80(61-46-49-76-72(51-61)67-33-19-20-39-75(67)81(76)59-30-11-4-12-31-59)62-45-48-66-65-47-42-56(64-38-21-25-53-22-13-14-32-63(53)64)50-73(65)79(74(66)52-62,57-26-7-2-8-27-57)58-28-9-3-10-29-58/h1-52H. The van der Waals surface area contributed by atoms with Crippen LogP contribution in [0, 0.1) is 0 Å². The van der Waals surface area contributed by atoms with E-state index in [0.29, 0.717) is 0 Å². The Morgan fingerprint density at radius 2 is 0.704 bits per heavy atom. The number of benzene rings is 14. The fourth-order valence-corrected chi connectivity index (χ4v) is 13.8. The van der Waals surface area contributed by atoms with Crippen molar-refractivity contribution in [1.29, 1.82) is 0 Å². The molecule has 2 heteroatoms. The van der Waals surface area contributed by atoms with E-state index >= 15 is 0 Å². The molecule has 1 aliphatic carbocycles. The van der Waals surface area contributed by atoms with Crippen LogP contribution in [0.25, 0.3) is 104 Å². The molecule has 0 spiro atoms. The van der Waals surface area contributed by atoms with Crippen LogP contribution in [0.1, 0.15) is 22.3 Å². The number of rotatable bonds is 9. The number of fused-ring (bicyclic) bond motifs is 9. The highest BCUT2D eigenvalue weighted by atomic mass is 15.1. The van der Waals surface area contributed by atoms with Gasteiger partial charge < -0.3 is 9.47 Å². The molecule has 0 radical (unpaired) electrons. The van der Waals surface area contributed by atoms with Gasteiger partial charge in [-0.1, -0.05) is 249 Å². The smallest absolute Gasteiger partial charge is 0.0714 e. The van der Waals surface area contributed by atoms with Crippen molar-refractivity contribution in [3.63, 3.8) is 0 Å². The Labute approximate surface area is 471 Å². The van der Waals surface area contributed by atoms with Gasteiger partial charge in [-0.3, -0.25) is 0 Å². The molecule has 378 valence electrons. The Bertz CT molecular complexity index is 4800. The van der Waals surface area contributed by atoms with Crippen molar-refractivity contribution in [3.05, 3.63) is 338 Å². The van der Waals surface area contributed by atoms with Crippen LogP contribution in [-0.4, -0.2) is 4.57 Å². The lowest BCUT2D eigenvalue weighted by Gasteiger charge is -2.35. The summed E-state index contributed by atoms with van der Waals surface area (Å²) in [5.41, 5.74) is 20.9.